The highest BCUT2D eigenvalue weighted by Crippen LogP contribution is 2.29. The fourth-order valence-corrected chi connectivity index (χ4v) is 3.14. The molecule has 138 valence electrons. The zero-order valence-electron chi connectivity index (χ0n) is 15.8. The monoisotopic (exact) mass is 361 g/mol. The van der Waals surface area contributed by atoms with Gasteiger partial charge in [-0.05, 0) is 44.5 Å². The van der Waals surface area contributed by atoms with Gasteiger partial charge in [-0.1, -0.05) is 13.0 Å². The number of hydrogen-bond donors (Lipinski definition) is 2. The van der Waals surface area contributed by atoms with E-state index in [1.54, 1.807) is 12.5 Å². The second kappa shape index (κ2) is 7.19. The lowest BCUT2D eigenvalue weighted by molar-refractivity contribution is 0.620. The minimum Gasteiger partial charge on any atom is -0.368 e. The van der Waals surface area contributed by atoms with Gasteiger partial charge in [0.25, 0.3) is 0 Å². The third-order valence-electron chi connectivity index (χ3n) is 4.40. The van der Waals surface area contributed by atoms with E-state index in [0.29, 0.717) is 0 Å². The van der Waals surface area contributed by atoms with Gasteiger partial charge in [0, 0.05) is 29.9 Å². The molecule has 27 heavy (non-hydrogen) atoms. The molecule has 0 saturated heterocycles. The fourth-order valence-electron chi connectivity index (χ4n) is 3.14. The fraction of sp³-hybridized carbons (Fsp3) is 0.300. The maximum atomic E-state index is 4.81. The van der Waals surface area contributed by atoms with Crippen LogP contribution in [0.15, 0.2) is 42.9 Å². The van der Waals surface area contributed by atoms with Crippen molar-refractivity contribution in [1.82, 2.24) is 24.5 Å². The second-order valence-corrected chi connectivity index (χ2v) is 6.76. The van der Waals surface area contributed by atoms with Crippen molar-refractivity contribution >= 4 is 39.5 Å². The molecule has 1 aromatic carbocycles. The van der Waals surface area contributed by atoms with Gasteiger partial charge in [-0.15, -0.1) is 0 Å². The summed E-state index contributed by atoms with van der Waals surface area (Å²) in [6, 6.07) is 10.3. The third kappa shape index (κ3) is 3.28. The Bertz CT molecular complexity index is 1080. The van der Waals surface area contributed by atoms with Gasteiger partial charge in [-0.25, -0.2) is 15.0 Å². The van der Waals surface area contributed by atoms with Crippen LogP contribution in [0.4, 0.5) is 17.5 Å². The number of fused-ring (bicyclic) bond motifs is 2. The van der Waals surface area contributed by atoms with Crippen molar-refractivity contribution in [3.63, 3.8) is 0 Å². The van der Waals surface area contributed by atoms with E-state index >= 15 is 0 Å². The average Bonchev–Trinajstić information content (AvgIpc) is 3.05. The summed E-state index contributed by atoms with van der Waals surface area (Å²) in [6.07, 6.45) is 4.41. The summed E-state index contributed by atoms with van der Waals surface area (Å²) in [4.78, 5) is 18.0. The van der Waals surface area contributed by atoms with Crippen LogP contribution in [0.2, 0.25) is 0 Å². The number of nitrogens with one attached hydrogen (secondary N) is 2. The molecule has 2 N–H and O–H groups in total. The van der Waals surface area contributed by atoms with Crippen LogP contribution >= 0.6 is 0 Å². The first-order valence-corrected chi connectivity index (χ1v) is 9.26. The minimum absolute atomic E-state index is 0.202. The third-order valence-corrected chi connectivity index (χ3v) is 4.40. The van der Waals surface area contributed by atoms with E-state index in [9.17, 15) is 0 Å². The first-order valence-electron chi connectivity index (χ1n) is 9.26. The summed E-state index contributed by atoms with van der Waals surface area (Å²) < 4.78 is 2.10. The number of benzene rings is 1. The van der Waals surface area contributed by atoms with E-state index in [0.717, 1.165) is 52.5 Å². The Kier molecular flexibility index (Phi) is 4.58. The number of rotatable bonds is 6. The van der Waals surface area contributed by atoms with Crippen molar-refractivity contribution in [2.75, 3.05) is 17.2 Å². The van der Waals surface area contributed by atoms with Crippen LogP contribution < -0.4 is 10.6 Å². The Hall–Kier alpha value is -3.22. The number of anilines is 3. The summed E-state index contributed by atoms with van der Waals surface area (Å²) in [7, 11) is 0. The van der Waals surface area contributed by atoms with Gasteiger partial charge in [0.05, 0.1) is 5.52 Å². The van der Waals surface area contributed by atoms with Gasteiger partial charge in [-0.3, -0.25) is 9.55 Å². The summed E-state index contributed by atoms with van der Waals surface area (Å²) in [5.41, 5.74) is 3.54. The Morgan fingerprint density at radius 3 is 2.81 bits per heavy atom. The van der Waals surface area contributed by atoms with Gasteiger partial charge in [0.15, 0.2) is 17.0 Å². The van der Waals surface area contributed by atoms with Gasteiger partial charge in [-0.2, -0.15) is 0 Å². The van der Waals surface area contributed by atoms with Gasteiger partial charge >= 0.3 is 0 Å². The predicted molar refractivity (Wildman–Crippen MR) is 110 cm³/mol. The maximum Gasteiger partial charge on any atom is 0.210 e. The number of imidazole rings is 1. The van der Waals surface area contributed by atoms with Gasteiger partial charge in [0.2, 0.25) is 5.95 Å². The highest BCUT2D eigenvalue weighted by atomic mass is 15.3. The first-order chi connectivity index (χ1) is 13.2. The van der Waals surface area contributed by atoms with Crippen LogP contribution in [0.5, 0.6) is 0 Å². The largest absolute Gasteiger partial charge is 0.368 e. The van der Waals surface area contributed by atoms with Crippen molar-refractivity contribution in [2.45, 2.75) is 33.2 Å². The van der Waals surface area contributed by atoms with Crippen LogP contribution in [0.1, 0.15) is 33.2 Å². The lowest BCUT2D eigenvalue weighted by Gasteiger charge is -2.13. The van der Waals surface area contributed by atoms with Crippen LogP contribution in [-0.2, 0) is 0 Å². The molecule has 0 aliphatic heterocycles. The molecule has 0 spiro atoms. The molecule has 7 heteroatoms. The van der Waals surface area contributed by atoms with Gasteiger partial charge < -0.3 is 10.6 Å². The number of nitrogens with zero attached hydrogens (tertiary/aromatic N) is 5. The van der Waals surface area contributed by atoms with Crippen LogP contribution in [0, 0.1) is 0 Å². The van der Waals surface area contributed by atoms with E-state index in [1.807, 2.05) is 18.2 Å². The minimum atomic E-state index is 0.202. The lowest BCUT2D eigenvalue weighted by Crippen LogP contribution is -2.07. The molecule has 4 rings (SSSR count). The molecular weight excluding hydrogens is 338 g/mol. The Labute approximate surface area is 157 Å². The summed E-state index contributed by atoms with van der Waals surface area (Å²) in [5, 5.41) is 7.87. The number of hydrogen-bond acceptors (Lipinski definition) is 6. The molecule has 7 nitrogen and oxygen atoms in total. The Morgan fingerprint density at radius 1 is 1.11 bits per heavy atom. The van der Waals surface area contributed by atoms with E-state index in [4.69, 9.17) is 4.98 Å². The van der Waals surface area contributed by atoms with Crippen molar-refractivity contribution < 1.29 is 0 Å². The van der Waals surface area contributed by atoms with E-state index < -0.39 is 0 Å². The zero-order chi connectivity index (χ0) is 18.8. The van der Waals surface area contributed by atoms with Crippen molar-refractivity contribution in [1.29, 1.82) is 0 Å². The van der Waals surface area contributed by atoms with Crippen molar-refractivity contribution in [3.05, 3.63) is 42.9 Å². The summed E-state index contributed by atoms with van der Waals surface area (Å²) >= 11 is 0. The normalized spacial score (nSPS) is 11.4. The summed E-state index contributed by atoms with van der Waals surface area (Å²) in [6.45, 7) is 7.22. The topological polar surface area (TPSA) is 80.6 Å². The second-order valence-electron chi connectivity index (χ2n) is 6.76. The molecule has 4 aromatic rings. The molecule has 0 amide bonds. The highest BCUT2D eigenvalue weighted by Gasteiger charge is 2.18. The molecule has 0 radical (unpaired) electrons. The predicted octanol–water partition coefficient (Wildman–Crippen LogP) is 4.52. The van der Waals surface area contributed by atoms with E-state index in [2.05, 4.69) is 63.1 Å². The molecule has 3 aromatic heterocycles. The molecule has 0 atom stereocenters. The van der Waals surface area contributed by atoms with Crippen molar-refractivity contribution in [2.24, 2.45) is 0 Å². The van der Waals surface area contributed by atoms with Gasteiger partial charge in [0.1, 0.15) is 6.33 Å². The highest BCUT2D eigenvalue weighted by molar-refractivity contribution is 5.87. The maximum absolute atomic E-state index is 4.81. The Balaban J connectivity index is 1.78. The zero-order valence-corrected chi connectivity index (χ0v) is 15.8. The Morgan fingerprint density at radius 2 is 2.00 bits per heavy atom. The molecule has 0 saturated carbocycles. The standard InChI is InChI=1S/C20H23N7/c1-4-9-22-18-17-19(24-12-23-18)27(13(2)3)20(26-17)25-15-7-8-16-14(11-15)6-5-10-21-16/h5-8,10-13H,4,9H2,1-3H3,(H,25,26)(H,22,23,24). The average molecular weight is 361 g/mol. The number of aromatic nitrogens is 5. The van der Waals surface area contributed by atoms with Crippen molar-refractivity contribution in [3.8, 4) is 0 Å². The number of pyridine rings is 1. The molecule has 0 aliphatic carbocycles. The molecule has 0 fully saturated rings. The molecular formula is C20H23N7. The van der Waals surface area contributed by atoms with Crippen LogP contribution in [0.3, 0.4) is 0 Å². The van der Waals surface area contributed by atoms with E-state index in [1.165, 1.54) is 0 Å². The molecule has 0 unspecified atom stereocenters. The summed E-state index contributed by atoms with van der Waals surface area (Å²) in [5.74, 6) is 1.52. The SMILES string of the molecule is CCCNc1ncnc2c1nc(Nc1ccc3ncccc3c1)n2C(C)C. The lowest BCUT2D eigenvalue weighted by atomic mass is 10.2. The quantitative estimate of drug-likeness (QED) is 0.525. The van der Waals surface area contributed by atoms with Crippen LogP contribution in [-0.4, -0.2) is 31.0 Å². The molecule has 3 heterocycles. The van der Waals surface area contributed by atoms with Crippen LogP contribution in [0.25, 0.3) is 22.1 Å². The van der Waals surface area contributed by atoms with E-state index in [-0.39, 0.29) is 6.04 Å². The molecule has 0 bridgehead atoms. The first kappa shape index (κ1) is 17.2. The molecule has 0 aliphatic rings. The smallest absolute Gasteiger partial charge is 0.210 e.